The second kappa shape index (κ2) is 12.2. The number of hydrogen-bond donors (Lipinski definition) is 2. The molecule has 3 fully saturated rings. The van der Waals surface area contributed by atoms with Gasteiger partial charge in [-0.25, -0.2) is 0 Å². The van der Waals surface area contributed by atoms with E-state index in [9.17, 15) is 0 Å². The van der Waals surface area contributed by atoms with Crippen molar-refractivity contribution in [3.8, 4) is 0 Å². The van der Waals surface area contributed by atoms with Gasteiger partial charge < -0.3 is 15.5 Å². The fraction of sp³-hybridized carbons (Fsp3) is 0.957. The monoisotopic (exact) mass is 534 g/mol. The Morgan fingerprint density at radius 2 is 1.73 bits per heavy atom. The average Bonchev–Trinajstić information content (AvgIpc) is 3.09. The molecule has 2 unspecified atom stereocenters. The smallest absolute Gasteiger partial charge is 0.191 e. The maximum atomic E-state index is 5.19. The number of nitrogens with zero attached hydrogens (tertiary/aromatic N) is 4. The van der Waals surface area contributed by atoms with Gasteiger partial charge in [-0.1, -0.05) is 13.3 Å². The lowest BCUT2D eigenvalue weighted by Gasteiger charge is -2.49. The number of piperidine rings is 2. The number of halogens is 1. The van der Waals surface area contributed by atoms with Crippen LogP contribution in [-0.2, 0) is 0 Å². The van der Waals surface area contributed by atoms with E-state index in [-0.39, 0.29) is 29.5 Å². The SMILES string of the molecule is CCNC(=NCC1(N2CCCCC2)CCN(C)CC1)NC1CN(C(C)C)CC1C.I. The number of nitrogens with one attached hydrogen (secondary N) is 2. The third-order valence-electron chi connectivity index (χ3n) is 7.51. The van der Waals surface area contributed by atoms with Crippen molar-refractivity contribution in [2.45, 2.75) is 77.4 Å². The lowest BCUT2D eigenvalue weighted by atomic mass is 9.84. The number of rotatable bonds is 6. The van der Waals surface area contributed by atoms with Crippen LogP contribution in [0.3, 0.4) is 0 Å². The van der Waals surface area contributed by atoms with Crippen molar-refractivity contribution in [1.29, 1.82) is 0 Å². The van der Waals surface area contributed by atoms with Crippen LogP contribution in [0.4, 0.5) is 0 Å². The van der Waals surface area contributed by atoms with Gasteiger partial charge in [0.2, 0.25) is 0 Å². The first kappa shape index (κ1) is 26.1. The minimum Gasteiger partial charge on any atom is -0.357 e. The molecule has 7 heteroatoms. The first-order valence-electron chi connectivity index (χ1n) is 12.2. The van der Waals surface area contributed by atoms with Crippen molar-refractivity contribution in [2.75, 3.05) is 59.4 Å². The molecule has 6 nitrogen and oxygen atoms in total. The molecule has 3 saturated heterocycles. The molecule has 2 atom stereocenters. The predicted molar refractivity (Wildman–Crippen MR) is 139 cm³/mol. The lowest BCUT2D eigenvalue weighted by molar-refractivity contribution is 0.0208. The molecule has 30 heavy (non-hydrogen) atoms. The first-order valence-corrected chi connectivity index (χ1v) is 12.2. The summed E-state index contributed by atoms with van der Waals surface area (Å²) in [5, 5.41) is 7.32. The van der Waals surface area contributed by atoms with Gasteiger partial charge in [0.15, 0.2) is 5.96 Å². The van der Waals surface area contributed by atoms with Crippen molar-refractivity contribution in [3.63, 3.8) is 0 Å². The molecule has 0 spiro atoms. The third kappa shape index (κ3) is 6.69. The van der Waals surface area contributed by atoms with E-state index in [4.69, 9.17) is 4.99 Å². The standard InChI is InChI=1S/C23H46N6.HI/c1-6-24-22(26-21-17-28(19(2)3)16-20(21)4)25-18-23(10-14-27(5)15-11-23)29-12-8-7-9-13-29;/h19-21H,6-18H2,1-5H3,(H2,24,25,26);1H. The van der Waals surface area contributed by atoms with Crippen LogP contribution in [0.5, 0.6) is 0 Å². The Bertz CT molecular complexity index is 526. The summed E-state index contributed by atoms with van der Waals surface area (Å²) in [6.45, 7) is 18.2. The summed E-state index contributed by atoms with van der Waals surface area (Å²) in [5.41, 5.74) is 0.251. The van der Waals surface area contributed by atoms with Crippen LogP contribution in [0.15, 0.2) is 4.99 Å². The zero-order valence-corrected chi connectivity index (χ0v) is 22.5. The van der Waals surface area contributed by atoms with Crippen molar-refractivity contribution in [2.24, 2.45) is 10.9 Å². The summed E-state index contributed by atoms with van der Waals surface area (Å²) in [6.07, 6.45) is 6.58. The van der Waals surface area contributed by atoms with Crippen LogP contribution >= 0.6 is 24.0 Å². The van der Waals surface area contributed by atoms with Gasteiger partial charge in [0.1, 0.15) is 0 Å². The van der Waals surface area contributed by atoms with E-state index >= 15 is 0 Å². The van der Waals surface area contributed by atoms with E-state index in [1.54, 1.807) is 0 Å². The van der Waals surface area contributed by atoms with Gasteiger partial charge in [-0.05, 0) is 85.6 Å². The molecule has 3 heterocycles. The Labute approximate surface area is 202 Å². The summed E-state index contributed by atoms with van der Waals surface area (Å²) < 4.78 is 0. The molecule has 0 radical (unpaired) electrons. The highest BCUT2D eigenvalue weighted by Crippen LogP contribution is 2.31. The highest BCUT2D eigenvalue weighted by Gasteiger charge is 2.40. The first-order chi connectivity index (χ1) is 13.9. The summed E-state index contributed by atoms with van der Waals surface area (Å²) in [5.74, 6) is 1.67. The number of hydrogen-bond acceptors (Lipinski definition) is 4. The van der Waals surface area contributed by atoms with Gasteiger partial charge in [-0.15, -0.1) is 24.0 Å². The Morgan fingerprint density at radius 1 is 1.07 bits per heavy atom. The predicted octanol–water partition coefficient (Wildman–Crippen LogP) is 2.84. The van der Waals surface area contributed by atoms with Crippen LogP contribution < -0.4 is 10.6 Å². The second-order valence-electron chi connectivity index (χ2n) is 10.0. The highest BCUT2D eigenvalue weighted by atomic mass is 127. The summed E-state index contributed by atoms with van der Waals surface area (Å²) >= 11 is 0. The lowest BCUT2D eigenvalue weighted by Crippen LogP contribution is -2.58. The minimum absolute atomic E-state index is 0. The Morgan fingerprint density at radius 3 is 2.30 bits per heavy atom. The van der Waals surface area contributed by atoms with Gasteiger partial charge in [0.25, 0.3) is 0 Å². The molecule has 3 aliphatic heterocycles. The molecule has 0 saturated carbocycles. The summed E-state index contributed by atoms with van der Waals surface area (Å²) in [6, 6.07) is 1.10. The molecule has 0 aromatic heterocycles. The fourth-order valence-electron chi connectivity index (χ4n) is 5.31. The molecule has 2 N–H and O–H groups in total. The number of likely N-dealkylation sites (tertiary alicyclic amines) is 3. The zero-order valence-electron chi connectivity index (χ0n) is 20.1. The Kier molecular flexibility index (Phi) is 10.6. The van der Waals surface area contributed by atoms with E-state index in [1.165, 1.54) is 64.8 Å². The Balaban J connectivity index is 0.00000320. The van der Waals surface area contributed by atoms with Gasteiger partial charge in [0, 0.05) is 37.3 Å². The van der Waals surface area contributed by atoms with Gasteiger partial charge in [-0.3, -0.25) is 14.8 Å². The van der Waals surface area contributed by atoms with Crippen molar-refractivity contribution >= 4 is 29.9 Å². The Hall–Kier alpha value is -0.120. The van der Waals surface area contributed by atoms with Crippen LogP contribution in [0.25, 0.3) is 0 Å². The largest absolute Gasteiger partial charge is 0.357 e. The van der Waals surface area contributed by atoms with E-state index in [0.29, 0.717) is 18.0 Å². The van der Waals surface area contributed by atoms with Crippen LogP contribution in [-0.4, -0.2) is 97.7 Å². The van der Waals surface area contributed by atoms with Crippen molar-refractivity contribution < 1.29 is 0 Å². The molecule has 3 aliphatic rings. The van der Waals surface area contributed by atoms with E-state index in [0.717, 1.165) is 25.6 Å². The molecular weight excluding hydrogens is 487 g/mol. The molecule has 3 rings (SSSR count). The third-order valence-corrected chi connectivity index (χ3v) is 7.51. The van der Waals surface area contributed by atoms with E-state index in [1.807, 2.05) is 0 Å². The molecule has 176 valence electrons. The molecule has 0 aromatic rings. The van der Waals surface area contributed by atoms with E-state index < -0.39 is 0 Å². The van der Waals surface area contributed by atoms with Crippen LogP contribution in [0.2, 0.25) is 0 Å². The molecule has 0 aliphatic carbocycles. The molecule has 0 aromatic carbocycles. The number of guanidine groups is 1. The van der Waals surface area contributed by atoms with Gasteiger partial charge in [0.05, 0.1) is 6.54 Å². The quantitative estimate of drug-likeness (QED) is 0.312. The number of aliphatic imine (C=N–C) groups is 1. The molecule has 0 amide bonds. The van der Waals surface area contributed by atoms with Gasteiger partial charge in [-0.2, -0.15) is 0 Å². The summed E-state index contributed by atoms with van der Waals surface area (Å²) in [7, 11) is 2.26. The topological polar surface area (TPSA) is 46.1 Å². The highest BCUT2D eigenvalue weighted by molar-refractivity contribution is 14.0. The minimum atomic E-state index is 0. The maximum absolute atomic E-state index is 5.19. The van der Waals surface area contributed by atoms with Crippen LogP contribution in [0.1, 0.15) is 59.8 Å². The fourth-order valence-corrected chi connectivity index (χ4v) is 5.31. The normalized spacial score (nSPS) is 29.1. The van der Waals surface area contributed by atoms with Gasteiger partial charge >= 0.3 is 0 Å². The van der Waals surface area contributed by atoms with Crippen LogP contribution in [0, 0.1) is 5.92 Å². The average molecular weight is 535 g/mol. The van der Waals surface area contributed by atoms with Crippen molar-refractivity contribution in [3.05, 3.63) is 0 Å². The molecule has 0 bridgehead atoms. The summed E-state index contributed by atoms with van der Waals surface area (Å²) in [4.78, 5) is 13.0. The second-order valence-corrected chi connectivity index (χ2v) is 10.0. The molecular formula is C23H47IN6. The maximum Gasteiger partial charge on any atom is 0.191 e. The van der Waals surface area contributed by atoms with E-state index in [2.05, 4.69) is 60.1 Å². The van der Waals surface area contributed by atoms with Crippen molar-refractivity contribution in [1.82, 2.24) is 25.3 Å². The zero-order chi connectivity index (χ0) is 20.9.